The SMILES string of the molecule is CCOc1ccc2c(c1)[C@@H](OC(C)=O)C(C)(C)[C@@H](c1ccc(F)cc1)N2. The number of halogens is 1. The average molecular weight is 357 g/mol. The minimum atomic E-state index is -0.457. The highest BCUT2D eigenvalue weighted by atomic mass is 19.1. The van der Waals surface area contributed by atoms with Gasteiger partial charge in [0, 0.05) is 23.6 Å². The standard InChI is InChI=1S/C21H24FNO3/c1-5-25-16-10-11-18-17(12-16)20(26-13(2)24)21(3,4)19(23-18)14-6-8-15(22)9-7-14/h6-12,19-20,23H,5H2,1-4H3/t19-,20-/m1/s1. The van der Waals surface area contributed by atoms with Crippen molar-refractivity contribution in [2.75, 3.05) is 11.9 Å². The van der Waals surface area contributed by atoms with Gasteiger partial charge in [-0.25, -0.2) is 4.39 Å². The highest BCUT2D eigenvalue weighted by molar-refractivity contribution is 5.68. The van der Waals surface area contributed by atoms with E-state index < -0.39 is 11.5 Å². The van der Waals surface area contributed by atoms with Crippen LogP contribution in [0.15, 0.2) is 42.5 Å². The zero-order valence-corrected chi connectivity index (χ0v) is 15.5. The molecule has 1 N–H and O–H groups in total. The number of hydrogen-bond acceptors (Lipinski definition) is 4. The van der Waals surface area contributed by atoms with Crippen molar-refractivity contribution in [2.24, 2.45) is 5.41 Å². The first-order valence-electron chi connectivity index (χ1n) is 8.79. The lowest BCUT2D eigenvalue weighted by molar-refractivity contribution is -0.154. The number of carbonyl (C=O) groups excluding carboxylic acids is 1. The van der Waals surface area contributed by atoms with Crippen LogP contribution in [0.3, 0.4) is 0 Å². The summed E-state index contributed by atoms with van der Waals surface area (Å²) in [6.07, 6.45) is -0.452. The summed E-state index contributed by atoms with van der Waals surface area (Å²) in [5, 5.41) is 3.53. The molecule has 2 atom stereocenters. The Balaban J connectivity index is 2.08. The molecule has 0 spiro atoms. The van der Waals surface area contributed by atoms with Gasteiger partial charge in [0.05, 0.1) is 12.6 Å². The van der Waals surface area contributed by atoms with E-state index in [9.17, 15) is 9.18 Å². The molecule has 0 amide bonds. The maximum atomic E-state index is 13.3. The molecule has 1 aliphatic heterocycles. The van der Waals surface area contributed by atoms with Crippen molar-refractivity contribution in [2.45, 2.75) is 39.8 Å². The number of rotatable bonds is 4. The Kier molecular flexibility index (Phi) is 4.90. The van der Waals surface area contributed by atoms with Crippen LogP contribution < -0.4 is 10.1 Å². The Morgan fingerprint density at radius 1 is 1.19 bits per heavy atom. The summed E-state index contributed by atoms with van der Waals surface area (Å²) in [5.74, 6) is 0.123. The summed E-state index contributed by atoms with van der Waals surface area (Å²) in [4.78, 5) is 11.8. The fourth-order valence-corrected chi connectivity index (χ4v) is 3.59. The van der Waals surface area contributed by atoms with Crippen LogP contribution in [-0.4, -0.2) is 12.6 Å². The first kappa shape index (κ1) is 18.2. The van der Waals surface area contributed by atoms with Crippen LogP contribution in [-0.2, 0) is 9.53 Å². The molecule has 138 valence electrons. The first-order valence-corrected chi connectivity index (χ1v) is 8.79. The van der Waals surface area contributed by atoms with E-state index in [1.54, 1.807) is 12.1 Å². The number of hydrogen-bond donors (Lipinski definition) is 1. The van der Waals surface area contributed by atoms with Crippen LogP contribution >= 0.6 is 0 Å². The number of ether oxygens (including phenoxy) is 2. The molecule has 0 bridgehead atoms. The summed E-state index contributed by atoms with van der Waals surface area (Å²) >= 11 is 0. The van der Waals surface area contributed by atoms with Crippen molar-refractivity contribution in [3.05, 3.63) is 59.4 Å². The summed E-state index contributed by atoms with van der Waals surface area (Å²) < 4.78 is 24.7. The Labute approximate surface area is 153 Å². The molecule has 5 heteroatoms. The van der Waals surface area contributed by atoms with Crippen molar-refractivity contribution >= 4 is 11.7 Å². The lowest BCUT2D eigenvalue weighted by Gasteiger charge is -2.46. The summed E-state index contributed by atoms with van der Waals surface area (Å²) in [6.45, 7) is 7.98. The number of esters is 1. The van der Waals surface area contributed by atoms with Crippen LogP contribution in [0.25, 0.3) is 0 Å². The topological polar surface area (TPSA) is 47.6 Å². The van der Waals surface area contributed by atoms with E-state index in [4.69, 9.17) is 9.47 Å². The van der Waals surface area contributed by atoms with E-state index in [1.165, 1.54) is 19.1 Å². The zero-order valence-electron chi connectivity index (χ0n) is 15.5. The molecule has 3 rings (SSSR count). The van der Waals surface area contributed by atoms with E-state index in [-0.39, 0.29) is 17.8 Å². The van der Waals surface area contributed by atoms with E-state index in [0.717, 1.165) is 22.6 Å². The van der Waals surface area contributed by atoms with Gasteiger partial charge in [0.2, 0.25) is 0 Å². The van der Waals surface area contributed by atoms with E-state index in [2.05, 4.69) is 5.32 Å². The minimum Gasteiger partial charge on any atom is -0.494 e. The van der Waals surface area contributed by atoms with Gasteiger partial charge in [-0.1, -0.05) is 26.0 Å². The molecule has 0 unspecified atom stereocenters. The highest BCUT2D eigenvalue weighted by Gasteiger charge is 2.46. The molecule has 0 saturated heterocycles. The molecule has 2 aromatic carbocycles. The molecule has 0 aromatic heterocycles. The van der Waals surface area contributed by atoms with Crippen molar-refractivity contribution in [3.8, 4) is 5.75 Å². The summed E-state index contributed by atoms with van der Waals surface area (Å²) in [7, 11) is 0. The molecular formula is C21H24FNO3. The Hall–Kier alpha value is -2.56. The quantitative estimate of drug-likeness (QED) is 0.781. The molecule has 0 saturated carbocycles. The van der Waals surface area contributed by atoms with Gasteiger partial charge in [-0.15, -0.1) is 0 Å². The number of nitrogens with one attached hydrogen (secondary N) is 1. The predicted molar refractivity (Wildman–Crippen MR) is 98.7 cm³/mol. The van der Waals surface area contributed by atoms with Gasteiger partial charge in [-0.3, -0.25) is 4.79 Å². The summed E-state index contributed by atoms with van der Waals surface area (Å²) in [5.41, 5.74) is 2.25. The lowest BCUT2D eigenvalue weighted by Crippen LogP contribution is -2.40. The van der Waals surface area contributed by atoms with Gasteiger partial charge in [0.25, 0.3) is 0 Å². The average Bonchev–Trinajstić information content (AvgIpc) is 2.58. The largest absolute Gasteiger partial charge is 0.494 e. The molecular weight excluding hydrogens is 333 g/mol. The normalized spacial score (nSPS) is 20.7. The molecule has 0 fully saturated rings. The van der Waals surface area contributed by atoms with E-state index in [1.807, 2.05) is 39.0 Å². The minimum absolute atomic E-state index is 0.141. The molecule has 26 heavy (non-hydrogen) atoms. The third-order valence-electron chi connectivity index (χ3n) is 4.82. The number of carbonyl (C=O) groups is 1. The maximum absolute atomic E-state index is 13.3. The van der Waals surface area contributed by atoms with Gasteiger partial charge in [0.15, 0.2) is 0 Å². The molecule has 0 aliphatic carbocycles. The highest BCUT2D eigenvalue weighted by Crippen LogP contribution is 2.53. The van der Waals surface area contributed by atoms with Crippen molar-refractivity contribution in [3.63, 3.8) is 0 Å². The van der Waals surface area contributed by atoms with Gasteiger partial charge in [0.1, 0.15) is 17.7 Å². The maximum Gasteiger partial charge on any atom is 0.303 e. The number of fused-ring (bicyclic) bond motifs is 1. The first-order chi connectivity index (χ1) is 12.3. The molecule has 4 nitrogen and oxygen atoms in total. The second kappa shape index (κ2) is 6.98. The van der Waals surface area contributed by atoms with E-state index >= 15 is 0 Å². The monoisotopic (exact) mass is 357 g/mol. The Bertz CT molecular complexity index is 801. The molecule has 1 heterocycles. The molecule has 0 radical (unpaired) electrons. The van der Waals surface area contributed by atoms with Crippen LogP contribution in [0.2, 0.25) is 0 Å². The van der Waals surface area contributed by atoms with Gasteiger partial charge >= 0.3 is 5.97 Å². The second-order valence-corrected chi connectivity index (χ2v) is 7.12. The Morgan fingerprint density at radius 3 is 2.50 bits per heavy atom. The van der Waals surface area contributed by atoms with Crippen LogP contribution in [0, 0.1) is 11.2 Å². The van der Waals surface area contributed by atoms with Gasteiger partial charge < -0.3 is 14.8 Å². The smallest absolute Gasteiger partial charge is 0.303 e. The van der Waals surface area contributed by atoms with Gasteiger partial charge in [-0.2, -0.15) is 0 Å². The zero-order chi connectivity index (χ0) is 18.9. The Morgan fingerprint density at radius 2 is 1.88 bits per heavy atom. The van der Waals surface area contributed by atoms with Crippen LogP contribution in [0.5, 0.6) is 5.75 Å². The van der Waals surface area contributed by atoms with Crippen molar-refractivity contribution in [1.29, 1.82) is 0 Å². The summed E-state index contributed by atoms with van der Waals surface area (Å²) in [6, 6.07) is 12.0. The predicted octanol–water partition coefficient (Wildman–Crippen LogP) is 5.02. The number of anilines is 1. The molecule has 1 aliphatic rings. The van der Waals surface area contributed by atoms with Gasteiger partial charge in [-0.05, 0) is 42.8 Å². The lowest BCUT2D eigenvalue weighted by atomic mass is 9.70. The third-order valence-corrected chi connectivity index (χ3v) is 4.82. The van der Waals surface area contributed by atoms with Crippen LogP contribution in [0.1, 0.15) is 51.0 Å². The van der Waals surface area contributed by atoms with Crippen LogP contribution in [0.4, 0.5) is 10.1 Å². The van der Waals surface area contributed by atoms with E-state index in [0.29, 0.717) is 6.61 Å². The third kappa shape index (κ3) is 3.39. The fraction of sp³-hybridized carbons (Fsp3) is 0.381. The number of benzene rings is 2. The van der Waals surface area contributed by atoms with Crippen molar-refractivity contribution < 1.29 is 18.7 Å². The second-order valence-electron chi connectivity index (χ2n) is 7.12. The van der Waals surface area contributed by atoms with Crippen molar-refractivity contribution in [1.82, 2.24) is 0 Å². The molecule has 2 aromatic rings. The fourth-order valence-electron chi connectivity index (χ4n) is 3.59.